The highest BCUT2D eigenvalue weighted by Crippen LogP contribution is 2.41. The van der Waals surface area contributed by atoms with E-state index >= 15 is 0 Å². The average Bonchev–Trinajstić information content (AvgIpc) is 2.77. The summed E-state index contributed by atoms with van der Waals surface area (Å²) in [7, 11) is 1.63. The molecule has 0 saturated carbocycles. The van der Waals surface area contributed by atoms with Crippen molar-refractivity contribution < 1.29 is 19.0 Å². The predicted octanol–water partition coefficient (Wildman–Crippen LogP) is 5.31. The van der Waals surface area contributed by atoms with Crippen molar-refractivity contribution in [2.45, 2.75) is 38.5 Å². The quantitative estimate of drug-likeness (QED) is 0.591. The summed E-state index contributed by atoms with van der Waals surface area (Å²) < 4.78 is 17.3. The lowest BCUT2D eigenvalue weighted by Crippen LogP contribution is -2.41. The van der Waals surface area contributed by atoms with Crippen LogP contribution in [0.2, 0.25) is 0 Å². The van der Waals surface area contributed by atoms with Crippen molar-refractivity contribution in [2.24, 2.45) is 0 Å². The van der Waals surface area contributed by atoms with Crippen LogP contribution in [0.1, 0.15) is 47.8 Å². The smallest absolute Gasteiger partial charge is 0.251 e. The minimum Gasteiger partial charge on any atom is -0.497 e. The fourth-order valence-electron chi connectivity index (χ4n) is 3.80. The molecule has 160 valence electrons. The molecule has 4 rings (SSSR count). The zero-order valence-corrected chi connectivity index (χ0v) is 18.1. The van der Waals surface area contributed by atoms with E-state index in [4.69, 9.17) is 14.2 Å². The largest absolute Gasteiger partial charge is 0.497 e. The summed E-state index contributed by atoms with van der Waals surface area (Å²) in [6, 6.07) is 22.8. The lowest BCUT2D eigenvalue weighted by Gasteiger charge is -2.38. The molecule has 0 bridgehead atoms. The van der Waals surface area contributed by atoms with E-state index in [0.29, 0.717) is 24.3 Å². The van der Waals surface area contributed by atoms with Gasteiger partial charge in [-0.2, -0.15) is 0 Å². The van der Waals surface area contributed by atoms with Gasteiger partial charge in [0.2, 0.25) is 0 Å². The molecule has 1 aliphatic heterocycles. The second kappa shape index (κ2) is 8.72. The fraction of sp³-hybridized carbons (Fsp3) is 0.269. The van der Waals surface area contributed by atoms with Crippen molar-refractivity contribution in [3.05, 3.63) is 89.5 Å². The minimum absolute atomic E-state index is 0.144. The molecule has 1 amide bonds. The van der Waals surface area contributed by atoms with Crippen molar-refractivity contribution in [1.29, 1.82) is 0 Å². The number of nitrogens with one attached hydrogen (secondary N) is 1. The van der Waals surface area contributed by atoms with E-state index < -0.39 is 5.60 Å². The number of benzene rings is 3. The number of methoxy groups -OCH3 is 1. The van der Waals surface area contributed by atoms with Crippen LogP contribution < -0.4 is 19.5 Å². The molecule has 0 radical (unpaired) electrons. The Bertz CT molecular complexity index is 1060. The van der Waals surface area contributed by atoms with Gasteiger partial charge in [0.15, 0.2) is 0 Å². The van der Waals surface area contributed by atoms with Crippen LogP contribution in [0.25, 0.3) is 0 Å². The standard InChI is InChI=1S/C26H27NO4/c1-26(2)16-23(22-13-12-20(29-3)15-24(22)31-26)27-25(28)19-10-7-11-21(14-19)30-17-18-8-5-4-6-9-18/h4-15,23H,16-17H2,1-3H3,(H,27,28)/t23-/m1/s1. The zero-order valence-electron chi connectivity index (χ0n) is 18.1. The average molecular weight is 418 g/mol. The van der Waals surface area contributed by atoms with Crippen LogP contribution in [0.15, 0.2) is 72.8 Å². The Morgan fingerprint density at radius 1 is 1.03 bits per heavy atom. The van der Waals surface area contributed by atoms with Crippen LogP contribution in [-0.2, 0) is 6.61 Å². The van der Waals surface area contributed by atoms with Crippen molar-refractivity contribution in [3.8, 4) is 17.2 Å². The molecule has 5 nitrogen and oxygen atoms in total. The molecule has 5 heteroatoms. The first-order valence-corrected chi connectivity index (χ1v) is 10.4. The third-order valence-corrected chi connectivity index (χ3v) is 5.33. The maximum absolute atomic E-state index is 13.1. The molecule has 1 N–H and O–H groups in total. The third kappa shape index (κ3) is 5.00. The van der Waals surface area contributed by atoms with Crippen LogP contribution in [0, 0.1) is 0 Å². The Hall–Kier alpha value is -3.47. The summed E-state index contributed by atoms with van der Waals surface area (Å²) >= 11 is 0. The van der Waals surface area contributed by atoms with Gasteiger partial charge in [-0.1, -0.05) is 36.4 Å². The van der Waals surface area contributed by atoms with Crippen molar-refractivity contribution in [2.75, 3.05) is 7.11 Å². The second-order valence-electron chi connectivity index (χ2n) is 8.30. The summed E-state index contributed by atoms with van der Waals surface area (Å²) in [5.41, 5.74) is 2.18. The van der Waals surface area contributed by atoms with E-state index in [-0.39, 0.29) is 11.9 Å². The van der Waals surface area contributed by atoms with Crippen LogP contribution in [-0.4, -0.2) is 18.6 Å². The normalized spacial score (nSPS) is 16.5. The van der Waals surface area contributed by atoms with E-state index in [1.54, 1.807) is 19.2 Å². The topological polar surface area (TPSA) is 56.8 Å². The lowest BCUT2D eigenvalue weighted by atomic mass is 9.89. The van der Waals surface area contributed by atoms with E-state index in [1.807, 2.05) is 74.5 Å². The highest BCUT2D eigenvalue weighted by Gasteiger charge is 2.35. The number of amides is 1. The van der Waals surface area contributed by atoms with Gasteiger partial charge in [-0.25, -0.2) is 0 Å². The number of fused-ring (bicyclic) bond motifs is 1. The SMILES string of the molecule is COc1ccc2c(c1)OC(C)(C)C[C@H]2NC(=O)c1cccc(OCc2ccccc2)c1. The van der Waals surface area contributed by atoms with Crippen LogP contribution in [0.5, 0.6) is 17.2 Å². The summed E-state index contributed by atoms with van der Waals surface area (Å²) in [5.74, 6) is 1.98. The lowest BCUT2D eigenvalue weighted by molar-refractivity contribution is 0.0617. The Morgan fingerprint density at radius 2 is 1.84 bits per heavy atom. The van der Waals surface area contributed by atoms with Crippen LogP contribution in [0.3, 0.4) is 0 Å². The van der Waals surface area contributed by atoms with Crippen molar-refractivity contribution in [1.82, 2.24) is 5.32 Å². The van der Waals surface area contributed by atoms with Crippen molar-refractivity contribution >= 4 is 5.91 Å². The molecule has 0 spiro atoms. The molecule has 0 fully saturated rings. The zero-order chi connectivity index (χ0) is 21.8. The number of ether oxygens (including phenoxy) is 3. The number of rotatable bonds is 6. The van der Waals surface area contributed by atoms with E-state index in [2.05, 4.69) is 5.32 Å². The van der Waals surface area contributed by atoms with Gasteiger partial charge < -0.3 is 19.5 Å². The summed E-state index contributed by atoms with van der Waals surface area (Å²) in [6.45, 7) is 4.49. The molecule has 31 heavy (non-hydrogen) atoms. The molecular weight excluding hydrogens is 390 g/mol. The van der Waals surface area contributed by atoms with E-state index in [9.17, 15) is 4.79 Å². The molecule has 1 heterocycles. The van der Waals surface area contributed by atoms with Crippen LogP contribution in [0.4, 0.5) is 0 Å². The summed E-state index contributed by atoms with van der Waals surface area (Å²) in [6.07, 6.45) is 0.669. The van der Waals surface area contributed by atoms with Gasteiger partial charge >= 0.3 is 0 Å². The summed E-state index contributed by atoms with van der Waals surface area (Å²) in [4.78, 5) is 13.1. The van der Waals surface area contributed by atoms with Gasteiger partial charge in [0.1, 0.15) is 29.5 Å². The Morgan fingerprint density at radius 3 is 2.61 bits per heavy atom. The molecular formula is C26H27NO4. The number of hydrogen-bond acceptors (Lipinski definition) is 4. The second-order valence-corrected chi connectivity index (χ2v) is 8.30. The molecule has 1 atom stereocenters. The Balaban J connectivity index is 1.49. The Kier molecular flexibility index (Phi) is 5.85. The monoisotopic (exact) mass is 417 g/mol. The van der Waals surface area contributed by atoms with Gasteiger partial charge in [0.25, 0.3) is 5.91 Å². The molecule has 3 aromatic carbocycles. The van der Waals surface area contributed by atoms with Gasteiger partial charge in [-0.3, -0.25) is 4.79 Å². The maximum atomic E-state index is 13.1. The molecule has 0 aromatic heterocycles. The first-order valence-electron chi connectivity index (χ1n) is 10.4. The highest BCUT2D eigenvalue weighted by atomic mass is 16.5. The highest BCUT2D eigenvalue weighted by molar-refractivity contribution is 5.94. The van der Waals surface area contributed by atoms with Crippen molar-refractivity contribution in [3.63, 3.8) is 0 Å². The predicted molar refractivity (Wildman–Crippen MR) is 120 cm³/mol. The van der Waals surface area contributed by atoms with Crippen LogP contribution >= 0.6 is 0 Å². The maximum Gasteiger partial charge on any atom is 0.251 e. The molecule has 0 saturated heterocycles. The molecule has 0 aliphatic carbocycles. The van der Waals surface area contributed by atoms with E-state index in [0.717, 1.165) is 22.6 Å². The number of hydrogen-bond donors (Lipinski definition) is 1. The van der Waals surface area contributed by atoms with Gasteiger partial charge in [-0.05, 0) is 49.7 Å². The van der Waals surface area contributed by atoms with E-state index in [1.165, 1.54) is 0 Å². The molecule has 1 aliphatic rings. The molecule has 3 aromatic rings. The number of carbonyl (C=O) groups excluding carboxylic acids is 1. The number of carbonyl (C=O) groups is 1. The minimum atomic E-state index is -0.405. The Labute approximate surface area is 183 Å². The van der Waals surface area contributed by atoms with Gasteiger partial charge in [0.05, 0.1) is 13.2 Å². The third-order valence-electron chi connectivity index (χ3n) is 5.33. The summed E-state index contributed by atoms with van der Waals surface area (Å²) in [5, 5.41) is 3.17. The molecule has 0 unspecified atom stereocenters. The fourth-order valence-corrected chi connectivity index (χ4v) is 3.80. The first kappa shape index (κ1) is 20.8. The first-order chi connectivity index (χ1) is 14.9. The van der Waals surface area contributed by atoms with Gasteiger partial charge in [-0.15, -0.1) is 0 Å². The van der Waals surface area contributed by atoms with Gasteiger partial charge in [0, 0.05) is 23.6 Å².